The minimum atomic E-state index is -0.434. The summed E-state index contributed by atoms with van der Waals surface area (Å²) in [5, 5.41) is 0.642. The second-order valence-corrected chi connectivity index (χ2v) is 6.34. The monoisotopic (exact) mass is 376 g/mol. The van der Waals surface area contributed by atoms with Crippen molar-refractivity contribution >= 4 is 41.3 Å². The molecular weight excluding hydrogens is 360 g/mol. The molecule has 2 aromatic carbocycles. The third-order valence-electron chi connectivity index (χ3n) is 3.06. The van der Waals surface area contributed by atoms with E-state index in [4.69, 9.17) is 16.3 Å². The quantitative estimate of drug-likeness (QED) is 0.461. The van der Waals surface area contributed by atoms with E-state index in [1.807, 2.05) is 30.3 Å². The number of amides is 2. The van der Waals surface area contributed by atoms with Gasteiger partial charge in [0.25, 0.3) is 5.91 Å². The first kappa shape index (κ1) is 18.9. The number of para-hydroxylation sites is 1. The summed E-state index contributed by atoms with van der Waals surface area (Å²) in [5.74, 6) is 0.0997. The molecule has 0 atom stereocenters. The molecule has 0 unspecified atom stereocenters. The van der Waals surface area contributed by atoms with Crippen LogP contribution < -0.4 is 15.6 Å². The molecule has 25 heavy (non-hydrogen) atoms. The summed E-state index contributed by atoms with van der Waals surface area (Å²) in [6, 6.07) is 14.5. The normalized spacial score (nSPS) is 10.5. The van der Waals surface area contributed by atoms with Crippen molar-refractivity contribution in [3.63, 3.8) is 0 Å². The number of ether oxygens (including phenoxy) is 1. The van der Waals surface area contributed by atoms with Gasteiger partial charge in [-0.15, -0.1) is 11.8 Å². The Morgan fingerprint density at radius 1 is 1.12 bits per heavy atom. The first-order valence-electron chi connectivity index (χ1n) is 7.37. The van der Waals surface area contributed by atoms with Gasteiger partial charge in [0.2, 0.25) is 5.91 Å². The Labute approximate surface area is 155 Å². The molecule has 7 heteroatoms. The molecule has 0 bridgehead atoms. The van der Waals surface area contributed by atoms with Crippen LogP contribution in [0.1, 0.15) is 5.56 Å². The van der Waals surface area contributed by atoms with Crippen LogP contribution in [0.2, 0.25) is 5.02 Å². The second-order valence-electron chi connectivity index (χ2n) is 4.86. The summed E-state index contributed by atoms with van der Waals surface area (Å²) >= 11 is 7.15. The molecule has 2 aromatic rings. The van der Waals surface area contributed by atoms with Gasteiger partial charge in [0, 0.05) is 21.6 Å². The predicted octanol–water partition coefficient (Wildman–Crippen LogP) is 3.30. The lowest BCUT2D eigenvalue weighted by Gasteiger charge is -2.06. The van der Waals surface area contributed by atoms with E-state index in [1.54, 1.807) is 31.4 Å². The van der Waals surface area contributed by atoms with Crippen molar-refractivity contribution in [2.45, 2.75) is 4.90 Å². The van der Waals surface area contributed by atoms with Gasteiger partial charge in [-0.25, -0.2) is 0 Å². The molecule has 0 aromatic heterocycles. The van der Waals surface area contributed by atoms with Crippen LogP contribution in [0, 0.1) is 0 Å². The standard InChI is InChI=1S/C18H17ClN2O3S/c1-24-16-5-3-2-4-13(16)6-11-17(22)20-21-18(23)12-25-15-9-7-14(19)8-10-15/h2-11H,12H2,1H3,(H,20,22)(H,21,23)/b11-6+. The summed E-state index contributed by atoms with van der Waals surface area (Å²) in [4.78, 5) is 24.4. The van der Waals surface area contributed by atoms with Gasteiger partial charge in [-0.05, 0) is 36.4 Å². The highest BCUT2D eigenvalue weighted by Crippen LogP contribution is 2.20. The minimum Gasteiger partial charge on any atom is -0.496 e. The molecule has 0 aliphatic carbocycles. The van der Waals surface area contributed by atoms with E-state index in [0.717, 1.165) is 10.5 Å². The summed E-state index contributed by atoms with van der Waals surface area (Å²) < 4.78 is 5.19. The van der Waals surface area contributed by atoms with E-state index < -0.39 is 5.91 Å². The number of thioether (sulfide) groups is 1. The summed E-state index contributed by atoms with van der Waals surface area (Å²) in [6.45, 7) is 0. The number of hydrogen-bond donors (Lipinski definition) is 2. The van der Waals surface area contributed by atoms with Gasteiger partial charge in [0.15, 0.2) is 0 Å². The zero-order valence-corrected chi connectivity index (χ0v) is 15.1. The van der Waals surface area contributed by atoms with Crippen molar-refractivity contribution in [1.82, 2.24) is 10.9 Å². The van der Waals surface area contributed by atoms with Crippen LogP contribution in [0.4, 0.5) is 0 Å². The number of hydrazine groups is 1. The van der Waals surface area contributed by atoms with E-state index in [0.29, 0.717) is 10.8 Å². The molecule has 0 radical (unpaired) electrons. The molecule has 0 aliphatic heterocycles. The molecule has 2 amide bonds. The number of carbonyl (C=O) groups is 2. The topological polar surface area (TPSA) is 67.4 Å². The zero-order valence-electron chi connectivity index (χ0n) is 13.5. The Morgan fingerprint density at radius 2 is 1.84 bits per heavy atom. The van der Waals surface area contributed by atoms with Gasteiger partial charge in [-0.1, -0.05) is 29.8 Å². The third kappa shape index (κ3) is 6.52. The molecule has 2 rings (SSSR count). The number of rotatable bonds is 6. The number of carbonyl (C=O) groups excluding carboxylic acids is 2. The van der Waals surface area contributed by atoms with Gasteiger partial charge in [-0.3, -0.25) is 20.4 Å². The highest BCUT2D eigenvalue weighted by Gasteiger charge is 2.04. The third-order valence-corrected chi connectivity index (χ3v) is 4.33. The molecule has 5 nitrogen and oxygen atoms in total. The maximum absolute atomic E-state index is 11.8. The maximum Gasteiger partial charge on any atom is 0.262 e. The lowest BCUT2D eigenvalue weighted by molar-refractivity contribution is -0.125. The maximum atomic E-state index is 11.8. The lowest BCUT2D eigenvalue weighted by atomic mass is 10.2. The van der Waals surface area contributed by atoms with E-state index >= 15 is 0 Å². The molecule has 130 valence electrons. The van der Waals surface area contributed by atoms with Crippen LogP contribution in [0.15, 0.2) is 59.5 Å². The summed E-state index contributed by atoms with van der Waals surface area (Å²) in [5.41, 5.74) is 5.46. The zero-order chi connectivity index (χ0) is 18.1. The average Bonchev–Trinajstić information content (AvgIpc) is 2.64. The van der Waals surface area contributed by atoms with Crippen molar-refractivity contribution < 1.29 is 14.3 Å². The van der Waals surface area contributed by atoms with Gasteiger partial charge in [0.05, 0.1) is 12.9 Å². The predicted molar refractivity (Wildman–Crippen MR) is 100 cm³/mol. The average molecular weight is 377 g/mol. The lowest BCUT2D eigenvalue weighted by Crippen LogP contribution is -2.41. The number of methoxy groups -OCH3 is 1. The van der Waals surface area contributed by atoms with Gasteiger partial charge >= 0.3 is 0 Å². The van der Waals surface area contributed by atoms with Gasteiger partial charge in [-0.2, -0.15) is 0 Å². The number of nitrogens with one attached hydrogen (secondary N) is 2. The van der Waals surface area contributed by atoms with E-state index in [1.165, 1.54) is 17.8 Å². The fraction of sp³-hybridized carbons (Fsp3) is 0.111. The summed E-state index contributed by atoms with van der Waals surface area (Å²) in [6.07, 6.45) is 2.94. The summed E-state index contributed by atoms with van der Waals surface area (Å²) in [7, 11) is 1.56. The number of benzene rings is 2. The van der Waals surface area contributed by atoms with Gasteiger partial charge in [0.1, 0.15) is 5.75 Å². The van der Waals surface area contributed by atoms with Crippen LogP contribution in [-0.4, -0.2) is 24.7 Å². The van der Waals surface area contributed by atoms with Crippen LogP contribution in [0.3, 0.4) is 0 Å². The van der Waals surface area contributed by atoms with E-state index in [9.17, 15) is 9.59 Å². The number of halogens is 1. The fourth-order valence-electron chi connectivity index (χ4n) is 1.86. The minimum absolute atomic E-state index is 0.179. The Hall–Kier alpha value is -2.44. The van der Waals surface area contributed by atoms with Crippen molar-refractivity contribution in [3.8, 4) is 5.75 Å². The Bertz CT molecular complexity index is 763. The SMILES string of the molecule is COc1ccccc1/C=C/C(=O)NNC(=O)CSc1ccc(Cl)cc1. The Balaban J connectivity index is 1.76. The van der Waals surface area contributed by atoms with Crippen LogP contribution in [0.5, 0.6) is 5.75 Å². The molecule has 0 heterocycles. The number of hydrogen-bond acceptors (Lipinski definition) is 4. The molecule has 0 aliphatic rings. The Morgan fingerprint density at radius 3 is 2.56 bits per heavy atom. The van der Waals surface area contributed by atoms with Crippen LogP contribution in [-0.2, 0) is 9.59 Å². The van der Waals surface area contributed by atoms with Crippen molar-refractivity contribution in [1.29, 1.82) is 0 Å². The van der Waals surface area contributed by atoms with Crippen molar-refractivity contribution in [2.24, 2.45) is 0 Å². The molecule has 2 N–H and O–H groups in total. The van der Waals surface area contributed by atoms with Crippen molar-refractivity contribution in [3.05, 3.63) is 65.2 Å². The fourth-order valence-corrected chi connectivity index (χ4v) is 2.68. The smallest absolute Gasteiger partial charge is 0.262 e. The molecular formula is C18H17ClN2O3S. The first-order chi connectivity index (χ1) is 12.1. The molecule has 0 spiro atoms. The molecule has 0 fully saturated rings. The molecule has 0 saturated heterocycles. The first-order valence-corrected chi connectivity index (χ1v) is 8.73. The van der Waals surface area contributed by atoms with Crippen LogP contribution in [0.25, 0.3) is 6.08 Å². The largest absolute Gasteiger partial charge is 0.496 e. The van der Waals surface area contributed by atoms with Gasteiger partial charge < -0.3 is 4.74 Å². The van der Waals surface area contributed by atoms with Crippen LogP contribution >= 0.6 is 23.4 Å². The molecule has 0 saturated carbocycles. The van der Waals surface area contributed by atoms with E-state index in [-0.39, 0.29) is 11.7 Å². The highest BCUT2D eigenvalue weighted by molar-refractivity contribution is 8.00. The second kappa shape index (κ2) is 9.76. The Kier molecular flexibility index (Phi) is 7.37. The highest BCUT2D eigenvalue weighted by atomic mass is 35.5. The van der Waals surface area contributed by atoms with Crippen molar-refractivity contribution in [2.75, 3.05) is 12.9 Å². The van der Waals surface area contributed by atoms with E-state index in [2.05, 4.69) is 10.9 Å².